The fourth-order valence-corrected chi connectivity index (χ4v) is 3.53. The average Bonchev–Trinajstić information content (AvgIpc) is 2.79. The molecular formula is C13H17ClN4O2S. The summed E-state index contributed by atoms with van der Waals surface area (Å²) >= 11 is 6.00. The van der Waals surface area contributed by atoms with Crippen LogP contribution in [0.25, 0.3) is 0 Å². The van der Waals surface area contributed by atoms with Crippen molar-refractivity contribution in [1.82, 2.24) is 14.3 Å². The van der Waals surface area contributed by atoms with Gasteiger partial charge in [-0.1, -0.05) is 11.6 Å². The summed E-state index contributed by atoms with van der Waals surface area (Å²) in [6.07, 6.45) is 3.96. The highest BCUT2D eigenvalue weighted by Gasteiger charge is 2.19. The zero-order valence-electron chi connectivity index (χ0n) is 11.8. The SMILES string of the molecule is Cc1cc(Cl)c(S(=O)(=O)NCCc2nccn2C)cc1N. The van der Waals surface area contributed by atoms with Gasteiger partial charge in [-0.15, -0.1) is 0 Å². The number of aryl methyl sites for hydroxylation is 2. The molecule has 2 rings (SSSR count). The smallest absolute Gasteiger partial charge is 0.242 e. The van der Waals surface area contributed by atoms with E-state index in [0.29, 0.717) is 12.1 Å². The van der Waals surface area contributed by atoms with Gasteiger partial charge in [0.15, 0.2) is 0 Å². The Bertz CT molecular complexity index is 756. The summed E-state index contributed by atoms with van der Waals surface area (Å²) in [5, 5.41) is 0.159. The van der Waals surface area contributed by atoms with E-state index in [4.69, 9.17) is 17.3 Å². The second-order valence-corrected chi connectivity index (χ2v) is 6.88. The van der Waals surface area contributed by atoms with Crippen molar-refractivity contribution in [3.63, 3.8) is 0 Å². The maximum absolute atomic E-state index is 12.3. The van der Waals surface area contributed by atoms with Crippen molar-refractivity contribution >= 4 is 27.3 Å². The molecule has 0 radical (unpaired) electrons. The highest BCUT2D eigenvalue weighted by molar-refractivity contribution is 7.89. The molecule has 0 fully saturated rings. The maximum Gasteiger partial charge on any atom is 0.242 e. The molecule has 0 unspecified atom stereocenters. The summed E-state index contributed by atoms with van der Waals surface area (Å²) < 4.78 is 28.8. The van der Waals surface area contributed by atoms with Gasteiger partial charge in [-0.3, -0.25) is 0 Å². The minimum atomic E-state index is -3.70. The third-order valence-electron chi connectivity index (χ3n) is 3.17. The first-order chi connectivity index (χ1) is 9.81. The summed E-state index contributed by atoms with van der Waals surface area (Å²) in [7, 11) is -1.84. The third kappa shape index (κ3) is 3.55. The molecule has 0 aliphatic rings. The first-order valence-electron chi connectivity index (χ1n) is 6.33. The molecule has 2 aromatic rings. The van der Waals surface area contributed by atoms with E-state index in [1.807, 2.05) is 11.6 Å². The average molecular weight is 329 g/mol. The van der Waals surface area contributed by atoms with Crippen molar-refractivity contribution in [2.24, 2.45) is 7.05 Å². The van der Waals surface area contributed by atoms with Crippen molar-refractivity contribution in [1.29, 1.82) is 0 Å². The number of aromatic nitrogens is 2. The lowest BCUT2D eigenvalue weighted by atomic mass is 10.2. The Morgan fingerprint density at radius 2 is 2.14 bits per heavy atom. The van der Waals surface area contributed by atoms with Crippen molar-refractivity contribution < 1.29 is 8.42 Å². The van der Waals surface area contributed by atoms with Gasteiger partial charge < -0.3 is 10.3 Å². The van der Waals surface area contributed by atoms with Crippen LogP contribution in [-0.2, 0) is 23.5 Å². The predicted molar refractivity (Wildman–Crippen MR) is 82.7 cm³/mol. The zero-order chi connectivity index (χ0) is 15.6. The Kier molecular flexibility index (Phi) is 4.55. The molecule has 0 bridgehead atoms. The molecule has 0 saturated heterocycles. The molecule has 0 atom stereocenters. The van der Waals surface area contributed by atoms with Crippen LogP contribution in [0.4, 0.5) is 5.69 Å². The second-order valence-electron chi connectivity index (χ2n) is 4.74. The summed E-state index contributed by atoms with van der Waals surface area (Å²) in [5.41, 5.74) is 6.88. The number of rotatable bonds is 5. The van der Waals surface area contributed by atoms with Crippen LogP contribution in [0.1, 0.15) is 11.4 Å². The number of halogens is 1. The number of nitrogens with two attached hydrogens (primary N) is 1. The highest BCUT2D eigenvalue weighted by Crippen LogP contribution is 2.26. The molecular weight excluding hydrogens is 312 g/mol. The lowest BCUT2D eigenvalue weighted by Gasteiger charge is -2.10. The van der Waals surface area contributed by atoms with Gasteiger partial charge in [0.25, 0.3) is 0 Å². The van der Waals surface area contributed by atoms with Crippen molar-refractivity contribution in [3.8, 4) is 0 Å². The number of hydrogen-bond acceptors (Lipinski definition) is 4. The van der Waals surface area contributed by atoms with Gasteiger partial charge in [0.05, 0.1) is 5.02 Å². The highest BCUT2D eigenvalue weighted by atomic mass is 35.5. The quantitative estimate of drug-likeness (QED) is 0.814. The molecule has 1 aromatic carbocycles. The summed E-state index contributed by atoms with van der Waals surface area (Å²) in [6.45, 7) is 2.00. The Morgan fingerprint density at radius 1 is 1.43 bits per heavy atom. The van der Waals surface area contributed by atoms with E-state index in [2.05, 4.69) is 9.71 Å². The number of nitrogens with one attached hydrogen (secondary N) is 1. The first-order valence-corrected chi connectivity index (χ1v) is 8.19. The number of anilines is 1. The number of imidazole rings is 1. The monoisotopic (exact) mass is 328 g/mol. The summed E-state index contributed by atoms with van der Waals surface area (Å²) in [5.74, 6) is 0.798. The molecule has 0 amide bonds. The van der Waals surface area contributed by atoms with E-state index in [9.17, 15) is 8.42 Å². The van der Waals surface area contributed by atoms with Gasteiger partial charge in [-0.25, -0.2) is 18.1 Å². The maximum atomic E-state index is 12.3. The van der Waals surface area contributed by atoms with E-state index in [1.165, 1.54) is 6.07 Å². The third-order valence-corrected chi connectivity index (χ3v) is 5.10. The molecule has 114 valence electrons. The number of hydrogen-bond donors (Lipinski definition) is 2. The molecule has 1 aromatic heterocycles. The predicted octanol–water partition coefficient (Wildman–Crippen LogP) is 1.49. The minimum Gasteiger partial charge on any atom is -0.398 e. The topological polar surface area (TPSA) is 90.0 Å². The lowest BCUT2D eigenvalue weighted by molar-refractivity contribution is 0.580. The van der Waals surface area contributed by atoms with Crippen LogP contribution in [-0.4, -0.2) is 24.5 Å². The van der Waals surface area contributed by atoms with Crippen LogP contribution in [0.3, 0.4) is 0 Å². The second kappa shape index (κ2) is 6.05. The molecule has 0 spiro atoms. The molecule has 3 N–H and O–H groups in total. The Labute approximate surface area is 129 Å². The summed E-state index contributed by atoms with van der Waals surface area (Å²) in [4.78, 5) is 4.13. The van der Waals surface area contributed by atoms with Crippen molar-refractivity contribution in [2.45, 2.75) is 18.2 Å². The van der Waals surface area contributed by atoms with Gasteiger partial charge in [0.2, 0.25) is 10.0 Å². The van der Waals surface area contributed by atoms with Gasteiger partial charge in [-0.2, -0.15) is 0 Å². The van der Waals surface area contributed by atoms with E-state index >= 15 is 0 Å². The van der Waals surface area contributed by atoms with Crippen LogP contribution >= 0.6 is 11.6 Å². The number of benzene rings is 1. The molecule has 21 heavy (non-hydrogen) atoms. The number of nitrogens with zero attached hydrogens (tertiary/aromatic N) is 2. The minimum absolute atomic E-state index is 0.00731. The van der Waals surface area contributed by atoms with Crippen LogP contribution in [0.2, 0.25) is 5.02 Å². The van der Waals surface area contributed by atoms with Crippen LogP contribution in [0.15, 0.2) is 29.4 Å². The van der Waals surface area contributed by atoms with Crippen molar-refractivity contribution in [3.05, 3.63) is 40.9 Å². The van der Waals surface area contributed by atoms with E-state index in [1.54, 1.807) is 25.4 Å². The molecule has 0 saturated carbocycles. The van der Waals surface area contributed by atoms with E-state index in [0.717, 1.165) is 11.4 Å². The van der Waals surface area contributed by atoms with Gasteiger partial charge >= 0.3 is 0 Å². The van der Waals surface area contributed by atoms with E-state index in [-0.39, 0.29) is 16.5 Å². The molecule has 8 heteroatoms. The van der Waals surface area contributed by atoms with E-state index < -0.39 is 10.0 Å². The molecule has 1 heterocycles. The Balaban J connectivity index is 2.12. The lowest BCUT2D eigenvalue weighted by Crippen LogP contribution is -2.27. The van der Waals surface area contributed by atoms with Gasteiger partial charge in [0.1, 0.15) is 10.7 Å². The fraction of sp³-hybridized carbons (Fsp3) is 0.308. The standard InChI is InChI=1S/C13H17ClN4O2S/c1-9-7-10(14)12(8-11(9)15)21(19,20)17-4-3-13-16-5-6-18(13)2/h5-8,17H,3-4,15H2,1-2H3. The number of sulfonamides is 1. The Morgan fingerprint density at radius 3 is 2.76 bits per heavy atom. The van der Waals surface area contributed by atoms with Crippen LogP contribution in [0, 0.1) is 6.92 Å². The zero-order valence-corrected chi connectivity index (χ0v) is 13.4. The van der Waals surface area contributed by atoms with Gasteiger partial charge in [0, 0.05) is 38.1 Å². The number of nitrogen functional groups attached to an aromatic ring is 1. The molecule has 0 aliphatic carbocycles. The van der Waals surface area contributed by atoms with Crippen molar-refractivity contribution in [2.75, 3.05) is 12.3 Å². The first kappa shape index (κ1) is 15.8. The van der Waals surface area contributed by atoms with Crippen LogP contribution in [0.5, 0.6) is 0 Å². The Hall–Kier alpha value is -1.57. The molecule has 6 nitrogen and oxygen atoms in total. The van der Waals surface area contributed by atoms with Gasteiger partial charge in [-0.05, 0) is 24.6 Å². The normalized spacial score (nSPS) is 11.8. The van der Waals surface area contributed by atoms with Crippen LogP contribution < -0.4 is 10.5 Å². The summed E-state index contributed by atoms with van der Waals surface area (Å²) in [6, 6.07) is 2.92. The molecule has 0 aliphatic heterocycles. The largest absolute Gasteiger partial charge is 0.398 e. The fourth-order valence-electron chi connectivity index (χ4n) is 1.89.